The number of carbonyl (C=O) groups excluding carboxylic acids is 2. The number of rotatable bonds is 4. The molecule has 2 aliphatic heterocycles. The van der Waals surface area contributed by atoms with Crippen molar-refractivity contribution in [1.29, 1.82) is 0 Å². The van der Waals surface area contributed by atoms with Crippen LogP contribution >= 0.6 is 0 Å². The molecule has 2 saturated heterocycles. The molecule has 11 nitrogen and oxygen atoms in total. The van der Waals surface area contributed by atoms with Crippen LogP contribution in [0.1, 0.15) is 55.9 Å². The fourth-order valence-electron chi connectivity index (χ4n) is 5.39. The lowest BCUT2D eigenvalue weighted by atomic mass is 9.74. The zero-order valence-corrected chi connectivity index (χ0v) is 22.5. The lowest BCUT2D eigenvalue weighted by Crippen LogP contribution is -2.46. The van der Waals surface area contributed by atoms with Gasteiger partial charge in [0.15, 0.2) is 0 Å². The van der Waals surface area contributed by atoms with Crippen molar-refractivity contribution in [2.45, 2.75) is 77.7 Å². The third-order valence-electron chi connectivity index (χ3n) is 7.82. The number of ether oxygens (including phenoxy) is 1. The number of piperidine rings is 1. The Labute approximate surface area is 223 Å². The molecule has 2 fully saturated rings. The summed E-state index contributed by atoms with van der Waals surface area (Å²) in [7, 11) is 0. The highest BCUT2D eigenvalue weighted by molar-refractivity contribution is 5.77. The highest BCUT2D eigenvalue weighted by Gasteiger charge is 2.42. The van der Waals surface area contributed by atoms with E-state index in [1.807, 2.05) is 25.1 Å². The van der Waals surface area contributed by atoms with E-state index >= 15 is 0 Å². The maximum absolute atomic E-state index is 13.3. The number of aromatic nitrogens is 4. The molecule has 0 aromatic carbocycles. The molecule has 2 N–H and O–H groups in total. The second-order valence-corrected chi connectivity index (χ2v) is 10.6. The van der Waals surface area contributed by atoms with Gasteiger partial charge >= 0.3 is 5.97 Å². The van der Waals surface area contributed by atoms with Crippen LogP contribution in [0.2, 0.25) is 0 Å². The number of amides is 1. The number of aliphatic hydroxyl groups is 2. The van der Waals surface area contributed by atoms with Crippen LogP contribution in [0.3, 0.4) is 0 Å². The van der Waals surface area contributed by atoms with Crippen LogP contribution in [0.15, 0.2) is 24.4 Å². The Morgan fingerprint density at radius 3 is 2.55 bits per heavy atom. The first-order valence-corrected chi connectivity index (χ1v) is 13.6. The lowest BCUT2D eigenvalue weighted by molar-refractivity contribution is -0.165. The largest absolute Gasteiger partial charge is 0.462 e. The first-order valence-electron chi connectivity index (χ1n) is 13.6. The SMILES string of the molecule is Cc1nc(C)n(CC(=O)N2CCCCC3(CCN(Cc4ccccn4)CC3)C(=O)OC[C@@H](O)[C@@H](O)CC2)n1. The van der Waals surface area contributed by atoms with Crippen LogP contribution in [0, 0.1) is 19.3 Å². The molecule has 4 rings (SSSR count). The van der Waals surface area contributed by atoms with E-state index < -0.39 is 17.6 Å². The number of aliphatic hydroxyl groups excluding tert-OH is 2. The third-order valence-corrected chi connectivity index (χ3v) is 7.82. The van der Waals surface area contributed by atoms with Gasteiger partial charge in [-0.15, -0.1) is 0 Å². The van der Waals surface area contributed by atoms with Crippen LogP contribution in [0.25, 0.3) is 0 Å². The first kappa shape index (κ1) is 28.1. The number of carbonyl (C=O) groups is 2. The molecule has 0 aliphatic carbocycles. The molecule has 0 radical (unpaired) electrons. The maximum atomic E-state index is 13.3. The molecule has 1 spiro atoms. The number of aryl methyl sites for hydroxylation is 2. The Morgan fingerprint density at radius 1 is 1.08 bits per heavy atom. The second-order valence-electron chi connectivity index (χ2n) is 10.6. The number of pyridine rings is 1. The van der Waals surface area contributed by atoms with Crippen LogP contribution < -0.4 is 0 Å². The van der Waals surface area contributed by atoms with Crippen molar-refractivity contribution in [3.8, 4) is 0 Å². The molecule has 0 saturated carbocycles. The van der Waals surface area contributed by atoms with Gasteiger partial charge in [0.2, 0.25) is 5.91 Å². The van der Waals surface area contributed by atoms with Crippen LogP contribution in [0.4, 0.5) is 0 Å². The summed E-state index contributed by atoms with van der Waals surface area (Å²) >= 11 is 0. The number of hydrogen-bond donors (Lipinski definition) is 2. The van der Waals surface area contributed by atoms with Crippen LogP contribution in [0.5, 0.6) is 0 Å². The minimum Gasteiger partial charge on any atom is -0.462 e. The molecule has 2 aliphatic rings. The van der Waals surface area contributed by atoms with E-state index in [0.29, 0.717) is 44.0 Å². The predicted molar refractivity (Wildman–Crippen MR) is 139 cm³/mol. The number of esters is 1. The lowest BCUT2D eigenvalue weighted by Gasteiger charge is -2.40. The van der Waals surface area contributed by atoms with Crippen LogP contribution in [-0.4, -0.2) is 96.6 Å². The standard InChI is InChI=1S/C27H40N6O5/c1-20-29-21(2)33(30-20)18-25(36)32-13-6-4-9-27(26(37)38-19-24(35)23(34)8-14-32)10-15-31(16-11-27)17-22-7-3-5-12-28-22/h3,5,7,12,23-24,34-35H,4,6,8-11,13-19H2,1-2H3/t23-,24+/m0/s1. The minimum absolute atomic E-state index is 0.0724. The Morgan fingerprint density at radius 2 is 1.87 bits per heavy atom. The van der Waals surface area contributed by atoms with E-state index in [9.17, 15) is 19.8 Å². The summed E-state index contributed by atoms with van der Waals surface area (Å²) in [4.78, 5) is 39.1. The average Bonchev–Trinajstić information content (AvgIpc) is 3.23. The normalized spacial score (nSPS) is 23.8. The summed E-state index contributed by atoms with van der Waals surface area (Å²) in [6.07, 6.45) is 3.13. The summed E-state index contributed by atoms with van der Waals surface area (Å²) in [5.74, 6) is 0.869. The molecule has 2 atom stereocenters. The highest BCUT2D eigenvalue weighted by atomic mass is 16.5. The quantitative estimate of drug-likeness (QED) is 0.562. The predicted octanol–water partition coefficient (Wildman–Crippen LogP) is 1.24. The number of nitrogens with zero attached hydrogens (tertiary/aromatic N) is 6. The van der Waals surface area contributed by atoms with Gasteiger partial charge in [-0.2, -0.15) is 5.10 Å². The van der Waals surface area contributed by atoms with Crippen LogP contribution in [-0.2, 0) is 27.4 Å². The van der Waals surface area contributed by atoms with Gasteiger partial charge in [-0.1, -0.05) is 12.5 Å². The molecule has 208 valence electrons. The van der Waals surface area contributed by atoms with Crippen molar-refractivity contribution >= 4 is 11.9 Å². The van der Waals surface area contributed by atoms with E-state index in [2.05, 4.69) is 20.0 Å². The summed E-state index contributed by atoms with van der Waals surface area (Å²) in [6.45, 7) is 6.44. The fourth-order valence-corrected chi connectivity index (χ4v) is 5.39. The number of hydrogen-bond acceptors (Lipinski definition) is 9. The molecule has 2 aromatic rings. The van der Waals surface area contributed by atoms with Gasteiger partial charge in [-0.05, 0) is 71.2 Å². The molecule has 0 unspecified atom stereocenters. The van der Waals surface area contributed by atoms with Crippen molar-refractivity contribution < 1.29 is 24.5 Å². The van der Waals surface area contributed by atoms with Gasteiger partial charge in [-0.25, -0.2) is 9.67 Å². The monoisotopic (exact) mass is 528 g/mol. The third kappa shape index (κ3) is 7.15. The molecule has 2 aromatic heterocycles. The summed E-state index contributed by atoms with van der Waals surface area (Å²) in [5.41, 5.74) is 0.364. The molecule has 11 heteroatoms. The van der Waals surface area contributed by atoms with Crippen molar-refractivity contribution in [3.63, 3.8) is 0 Å². The van der Waals surface area contributed by atoms with Crippen molar-refractivity contribution in [2.24, 2.45) is 5.41 Å². The number of cyclic esters (lactones) is 1. The van der Waals surface area contributed by atoms with Crippen molar-refractivity contribution in [2.75, 3.05) is 32.8 Å². The summed E-state index contributed by atoms with van der Waals surface area (Å²) in [6, 6.07) is 5.87. The van der Waals surface area contributed by atoms with E-state index in [0.717, 1.165) is 38.2 Å². The smallest absolute Gasteiger partial charge is 0.312 e. The zero-order chi connectivity index (χ0) is 27.1. The fraction of sp³-hybridized carbons (Fsp3) is 0.667. The van der Waals surface area contributed by atoms with Gasteiger partial charge in [0.25, 0.3) is 0 Å². The second kappa shape index (κ2) is 12.8. The highest BCUT2D eigenvalue weighted by Crippen LogP contribution is 2.38. The minimum atomic E-state index is -1.21. The van der Waals surface area contributed by atoms with Gasteiger partial charge in [0, 0.05) is 25.8 Å². The Bertz CT molecular complexity index is 1070. The summed E-state index contributed by atoms with van der Waals surface area (Å²) in [5, 5.41) is 25.3. The van der Waals surface area contributed by atoms with Gasteiger partial charge < -0.3 is 19.8 Å². The topological polar surface area (TPSA) is 134 Å². The molecular weight excluding hydrogens is 488 g/mol. The zero-order valence-electron chi connectivity index (χ0n) is 22.5. The maximum Gasteiger partial charge on any atom is 0.312 e. The van der Waals surface area contributed by atoms with Gasteiger partial charge in [0.1, 0.15) is 30.9 Å². The number of likely N-dealkylation sites (tertiary alicyclic amines) is 1. The molecule has 0 bridgehead atoms. The van der Waals surface area contributed by atoms with E-state index in [1.54, 1.807) is 22.7 Å². The average molecular weight is 529 g/mol. The molecule has 38 heavy (non-hydrogen) atoms. The van der Waals surface area contributed by atoms with Gasteiger partial charge in [-0.3, -0.25) is 19.5 Å². The van der Waals surface area contributed by atoms with E-state index in [-0.39, 0.29) is 31.4 Å². The van der Waals surface area contributed by atoms with E-state index in [4.69, 9.17) is 4.74 Å². The summed E-state index contributed by atoms with van der Waals surface area (Å²) < 4.78 is 7.16. The van der Waals surface area contributed by atoms with E-state index in [1.165, 1.54) is 0 Å². The first-order chi connectivity index (χ1) is 18.3. The Kier molecular flexibility index (Phi) is 9.45. The molecule has 1 amide bonds. The Hall–Kier alpha value is -2.89. The van der Waals surface area contributed by atoms with Crippen molar-refractivity contribution in [1.82, 2.24) is 29.5 Å². The molecular formula is C27H40N6O5. The van der Waals surface area contributed by atoms with Crippen molar-refractivity contribution in [3.05, 3.63) is 41.7 Å². The van der Waals surface area contributed by atoms with Gasteiger partial charge in [0.05, 0.1) is 17.2 Å². The Balaban J connectivity index is 1.41. The molecule has 4 heterocycles.